The number of anilines is 1. The predicted octanol–water partition coefficient (Wildman–Crippen LogP) is 1.89. The summed E-state index contributed by atoms with van der Waals surface area (Å²) in [5, 5.41) is 0. The number of nitrogen functional groups attached to an aromatic ring is 1. The van der Waals surface area contributed by atoms with Crippen molar-refractivity contribution in [3.63, 3.8) is 0 Å². The minimum Gasteiger partial charge on any atom is -0.398 e. The molecule has 20 heavy (non-hydrogen) atoms. The molecule has 3 rings (SSSR count). The quantitative estimate of drug-likeness (QED) is 0.795. The Morgan fingerprint density at radius 2 is 2.00 bits per heavy atom. The Morgan fingerprint density at radius 1 is 1.25 bits per heavy atom. The predicted molar refractivity (Wildman–Crippen MR) is 80.7 cm³/mol. The molecule has 2 atom stereocenters. The third-order valence-corrected chi connectivity index (χ3v) is 4.87. The van der Waals surface area contributed by atoms with E-state index in [-0.39, 0.29) is 5.91 Å². The van der Waals surface area contributed by atoms with Crippen molar-refractivity contribution in [1.29, 1.82) is 0 Å². The number of nitrogens with zero attached hydrogens (tertiary/aromatic N) is 2. The van der Waals surface area contributed by atoms with Gasteiger partial charge in [-0.2, -0.15) is 0 Å². The van der Waals surface area contributed by atoms with E-state index in [0.717, 1.165) is 25.1 Å². The summed E-state index contributed by atoms with van der Waals surface area (Å²) in [6.45, 7) is 3.67. The molecule has 4 nitrogen and oxygen atoms in total. The van der Waals surface area contributed by atoms with Gasteiger partial charge in [-0.25, -0.2) is 0 Å². The molecule has 2 fully saturated rings. The molecule has 2 N–H and O–H groups in total. The van der Waals surface area contributed by atoms with Gasteiger partial charge >= 0.3 is 0 Å². The highest BCUT2D eigenvalue weighted by molar-refractivity contribution is 5.99. The standard InChI is InChI=1S/C16H23N3O/c1-11-3-6-15(17)14(9-11)16(20)19-8-7-12-4-5-13(10-19)18(12)2/h3,6,9,12-13H,4-5,7-8,10,17H2,1-2H3. The molecule has 4 heteroatoms. The fourth-order valence-electron chi connectivity index (χ4n) is 3.52. The van der Waals surface area contributed by atoms with E-state index in [9.17, 15) is 4.79 Å². The number of fused-ring (bicyclic) bond motifs is 2. The van der Waals surface area contributed by atoms with Crippen LogP contribution in [0.2, 0.25) is 0 Å². The number of likely N-dealkylation sites (tertiary alicyclic amines) is 1. The van der Waals surface area contributed by atoms with Gasteiger partial charge in [-0.15, -0.1) is 0 Å². The molecule has 2 aliphatic rings. The van der Waals surface area contributed by atoms with Crippen LogP contribution in [-0.2, 0) is 0 Å². The Morgan fingerprint density at radius 3 is 2.80 bits per heavy atom. The van der Waals surface area contributed by atoms with Gasteiger partial charge in [-0.3, -0.25) is 9.69 Å². The van der Waals surface area contributed by atoms with Gasteiger partial charge < -0.3 is 10.6 Å². The zero-order chi connectivity index (χ0) is 14.3. The summed E-state index contributed by atoms with van der Waals surface area (Å²) >= 11 is 0. The molecular weight excluding hydrogens is 250 g/mol. The molecule has 0 saturated carbocycles. The number of hydrogen-bond acceptors (Lipinski definition) is 3. The zero-order valence-corrected chi connectivity index (χ0v) is 12.3. The van der Waals surface area contributed by atoms with E-state index < -0.39 is 0 Å². The lowest BCUT2D eigenvalue weighted by molar-refractivity contribution is 0.0741. The maximum atomic E-state index is 12.7. The number of likely N-dealkylation sites (N-methyl/N-ethyl adjacent to an activating group) is 1. The summed E-state index contributed by atoms with van der Waals surface area (Å²) < 4.78 is 0. The van der Waals surface area contributed by atoms with Crippen molar-refractivity contribution >= 4 is 11.6 Å². The smallest absolute Gasteiger partial charge is 0.256 e. The van der Waals surface area contributed by atoms with Gasteiger partial charge in [0, 0.05) is 30.9 Å². The van der Waals surface area contributed by atoms with Crippen LogP contribution in [0.4, 0.5) is 5.69 Å². The number of hydrogen-bond donors (Lipinski definition) is 1. The van der Waals surface area contributed by atoms with Crippen LogP contribution in [0, 0.1) is 6.92 Å². The second-order valence-electron chi connectivity index (χ2n) is 6.18. The van der Waals surface area contributed by atoms with Crippen molar-refractivity contribution < 1.29 is 4.79 Å². The van der Waals surface area contributed by atoms with E-state index in [1.165, 1.54) is 12.8 Å². The third-order valence-electron chi connectivity index (χ3n) is 4.87. The average molecular weight is 273 g/mol. The number of benzene rings is 1. The van der Waals surface area contributed by atoms with Crippen LogP contribution in [0.5, 0.6) is 0 Å². The third kappa shape index (κ3) is 2.29. The van der Waals surface area contributed by atoms with Crippen LogP contribution in [0.1, 0.15) is 35.2 Å². The summed E-state index contributed by atoms with van der Waals surface area (Å²) in [7, 11) is 2.19. The van der Waals surface area contributed by atoms with Gasteiger partial charge in [0.25, 0.3) is 5.91 Å². The molecular formula is C16H23N3O. The maximum absolute atomic E-state index is 12.7. The van der Waals surface area contributed by atoms with E-state index in [1.807, 2.05) is 30.0 Å². The van der Waals surface area contributed by atoms with Gasteiger partial charge in [-0.05, 0) is 45.4 Å². The van der Waals surface area contributed by atoms with Crippen LogP contribution in [0.15, 0.2) is 18.2 Å². The molecule has 0 aliphatic carbocycles. The van der Waals surface area contributed by atoms with Crippen molar-refractivity contribution in [3.8, 4) is 0 Å². The fourth-order valence-corrected chi connectivity index (χ4v) is 3.52. The largest absolute Gasteiger partial charge is 0.398 e. The molecule has 1 aromatic rings. The lowest BCUT2D eigenvalue weighted by Gasteiger charge is -2.26. The number of carbonyl (C=O) groups is 1. The van der Waals surface area contributed by atoms with Crippen molar-refractivity contribution in [3.05, 3.63) is 29.3 Å². The minimum absolute atomic E-state index is 0.0900. The molecule has 1 aromatic carbocycles. The number of amides is 1. The first-order valence-corrected chi connectivity index (χ1v) is 7.43. The summed E-state index contributed by atoms with van der Waals surface area (Å²) in [5.41, 5.74) is 8.31. The van der Waals surface area contributed by atoms with E-state index in [4.69, 9.17) is 5.73 Å². The van der Waals surface area contributed by atoms with E-state index in [0.29, 0.717) is 23.3 Å². The molecule has 1 amide bonds. The average Bonchev–Trinajstić information content (AvgIpc) is 2.65. The first-order valence-electron chi connectivity index (χ1n) is 7.43. The molecule has 2 heterocycles. The topological polar surface area (TPSA) is 49.6 Å². The first-order chi connectivity index (χ1) is 9.56. The monoisotopic (exact) mass is 273 g/mol. The molecule has 2 saturated heterocycles. The van der Waals surface area contributed by atoms with Crippen LogP contribution in [0.25, 0.3) is 0 Å². The normalized spacial score (nSPS) is 26.6. The second-order valence-corrected chi connectivity index (χ2v) is 6.18. The Labute approximate surface area is 120 Å². The highest BCUT2D eigenvalue weighted by atomic mass is 16.2. The van der Waals surface area contributed by atoms with Crippen LogP contribution in [-0.4, -0.2) is 47.9 Å². The molecule has 2 bridgehead atoms. The van der Waals surface area contributed by atoms with Crippen molar-refractivity contribution in [2.45, 2.75) is 38.3 Å². The maximum Gasteiger partial charge on any atom is 0.256 e. The van der Waals surface area contributed by atoms with Crippen molar-refractivity contribution in [2.24, 2.45) is 0 Å². The van der Waals surface area contributed by atoms with Crippen molar-refractivity contribution in [2.75, 3.05) is 25.9 Å². The van der Waals surface area contributed by atoms with Gasteiger partial charge in [0.2, 0.25) is 0 Å². The summed E-state index contributed by atoms with van der Waals surface area (Å²) in [5.74, 6) is 0.0900. The molecule has 2 unspecified atom stereocenters. The SMILES string of the molecule is Cc1ccc(N)c(C(=O)N2CCC3CCC(C2)N3C)c1. The zero-order valence-electron chi connectivity index (χ0n) is 12.3. The van der Waals surface area contributed by atoms with E-state index in [1.54, 1.807) is 0 Å². The molecule has 0 radical (unpaired) electrons. The number of rotatable bonds is 1. The number of nitrogens with two attached hydrogens (primary N) is 1. The van der Waals surface area contributed by atoms with Crippen LogP contribution < -0.4 is 5.73 Å². The molecule has 0 aromatic heterocycles. The fraction of sp³-hybridized carbons (Fsp3) is 0.562. The minimum atomic E-state index is 0.0900. The van der Waals surface area contributed by atoms with E-state index in [2.05, 4.69) is 11.9 Å². The number of aryl methyl sites for hydroxylation is 1. The summed E-state index contributed by atoms with van der Waals surface area (Å²) in [6, 6.07) is 6.85. The van der Waals surface area contributed by atoms with Gasteiger partial charge in [-0.1, -0.05) is 11.6 Å². The molecule has 2 aliphatic heterocycles. The highest BCUT2D eigenvalue weighted by Gasteiger charge is 2.36. The Balaban J connectivity index is 1.82. The van der Waals surface area contributed by atoms with Gasteiger partial charge in [0.1, 0.15) is 0 Å². The van der Waals surface area contributed by atoms with Gasteiger partial charge in [0.05, 0.1) is 5.56 Å². The molecule has 0 spiro atoms. The summed E-state index contributed by atoms with van der Waals surface area (Å²) in [6.07, 6.45) is 3.55. The highest BCUT2D eigenvalue weighted by Crippen LogP contribution is 2.29. The Kier molecular flexibility index (Phi) is 3.42. The first kappa shape index (κ1) is 13.4. The lowest BCUT2D eigenvalue weighted by atomic mass is 10.1. The number of carbonyl (C=O) groups excluding carboxylic acids is 1. The van der Waals surface area contributed by atoms with Gasteiger partial charge in [0.15, 0.2) is 0 Å². The Hall–Kier alpha value is -1.55. The Bertz CT molecular complexity index is 528. The second kappa shape index (κ2) is 5.09. The van der Waals surface area contributed by atoms with Crippen LogP contribution >= 0.6 is 0 Å². The lowest BCUT2D eigenvalue weighted by Crippen LogP contribution is -2.39. The van der Waals surface area contributed by atoms with Crippen molar-refractivity contribution in [1.82, 2.24) is 9.80 Å². The van der Waals surface area contributed by atoms with E-state index >= 15 is 0 Å². The molecule has 108 valence electrons. The summed E-state index contributed by atoms with van der Waals surface area (Å²) in [4.78, 5) is 17.2. The van der Waals surface area contributed by atoms with Crippen LogP contribution in [0.3, 0.4) is 0 Å².